The number of benzene rings is 2. The maximum Gasteiger partial charge on any atom is 0.573 e. The van der Waals surface area contributed by atoms with Crippen LogP contribution in [0.15, 0.2) is 61.1 Å². The lowest BCUT2D eigenvalue weighted by Crippen LogP contribution is -2.17. The summed E-state index contributed by atoms with van der Waals surface area (Å²) in [6.07, 6.45) is -2.02. The van der Waals surface area contributed by atoms with E-state index in [1.54, 1.807) is 18.2 Å². The molecular weight excluding hydrogens is 474 g/mol. The van der Waals surface area contributed by atoms with E-state index < -0.39 is 6.36 Å². The zero-order valence-electron chi connectivity index (χ0n) is 13.5. The summed E-state index contributed by atoms with van der Waals surface area (Å²) in [7, 11) is 0. The van der Waals surface area contributed by atoms with E-state index in [4.69, 9.17) is 0 Å². The molecule has 138 valence electrons. The Hall–Kier alpha value is -2.69. The number of nitrogens with zero attached hydrogens (tertiary/aromatic N) is 2. The first-order valence-corrected chi connectivity index (χ1v) is 8.63. The number of ether oxygens (including phenoxy) is 1. The predicted octanol–water partition coefficient (Wildman–Crippen LogP) is 4.90. The lowest BCUT2D eigenvalue weighted by atomic mass is 10.1. The maximum atomic E-state index is 12.5. The third-order valence-electron chi connectivity index (χ3n) is 3.46. The van der Waals surface area contributed by atoms with Gasteiger partial charge in [-0.15, -0.1) is 13.2 Å². The van der Waals surface area contributed by atoms with E-state index in [9.17, 15) is 18.0 Å². The zero-order chi connectivity index (χ0) is 19.4. The highest BCUT2D eigenvalue weighted by atomic mass is 127. The molecule has 1 aromatic heterocycles. The van der Waals surface area contributed by atoms with Gasteiger partial charge in [0.05, 0.1) is 5.56 Å². The molecule has 1 amide bonds. The monoisotopic (exact) mass is 485 g/mol. The van der Waals surface area contributed by atoms with E-state index in [2.05, 4.69) is 42.6 Å². The summed E-state index contributed by atoms with van der Waals surface area (Å²) < 4.78 is 41.5. The lowest BCUT2D eigenvalue weighted by Gasteiger charge is -2.12. The Morgan fingerprint density at radius 1 is 1.07 bits per heavy atom. The number of alkyl halides is 3. The SMILES string of the molecule is O=C(Nc1ncncc1-c1ccc(OC(F)(F)F)cc1)c1ccccc1I. The maximum absolute atomic E-state index is 12.5. The van der Waals surface area contributed by atoms with Crippen molar-refractivity contribution >= 4 is 34.3 Å². The van der Waals surface area contributed by atoms with Crippen molar-refractivity contribution in [2.45, 2.75) is 6.36 Å². The first kappa shape index (κ1) is 19.1. The fourth-order valence-electron chi connectivity index (χ4n) is 2.30. The fraction of sp³-hybridized carbons (Fsp3) is 0.0556. The number of rotatable bonds is 4. The second-order valence-electron chi connectivity index (χ2n) is 5.29. The summed E-state index contributed by atoms with van der Waals surface area (Å²) in [5, 5.41) is 2.71. The van der Waals surface area contributed by atoms with Crippen LogP contribution in [0.2, 0.25) is 0 Å². The second kappa shape index (κ2) is 7.91. The molecule has 0 saturated carbocycles. The smallest absolute Gasteiger partial charge is 0.406 e. The van der Waals surface area contributed by atoms with Crippen molar-refractivity contribution < 1.29 is 22.7 Å². The molecule has 2 aromatic carbocycles. The molecule has 0 aliphatic rings. The molecule has 9 heteroatoms. The van der Waals surface area contributed by atoms with Crippen LogP contribution in [0.4, 0.5) is 19.0 Å². The number of amides is 1. The molecule has 0 spiro atoms. The van der Waals surface area contributed by atoms with Gasteiger partial charge in [0, 0.05) is 15.3 Å². The average molecular weight is 485 g/mol. The summed E-state index contributed by atoms with van der Waals surface area (Å²) >= 11 is 2.05. The molecule has 0 aliphatic heterocycles. The number of nitrogens with one attached hydrogen (secondary N) is 1. The minimum absolute atomic E-state index is 0.249. The van der Waals surface area contributed by atoms with Crippen molar-refractivity contribution in [3.05, 3.63) is 70.2 Å². The molecule has 27 heavy (non-hydrogen) atoms. The van der Waals surface area contributed by atoms with Gasteiger partial charge in [-0.05, 0) is 52.4 Å². The second-order valence-corrected chi connectivity index (χ2v) is 6.45. The van der Waals surface area contributed by atoms with E-state index in [-0.39, 0.29) is 17.5 Å². The van der Waals surface area contributed by atoms with Gasteiger partial charge in [-0.1, -0.05) is 24.3 Å². The van der Waals surface area contributed by atoms with Gasteiger partial charge in [0.1, 0.15) is 17.9 Å². The molecule has 0 atom stereocenters. The Bertz CT molecular complexity index is 963. The number of hydrogen-bond donors (Lipinski definition) is 1. The van der Waals surface area contributed by atoms with E-state index in [0.29, 0.717) is 16.7 Å². The molecule has 1 heterocycles. The predicted molar refractivity (Wildman–Crippen MR) is 101 cm³/mol. The minimum atomic E-state index is -4.76. The van der Waals surface area contributed by atoms with Gasteiger partial charge < -0.3 is 10.1 Å². The number of anilines is 1. The topological polar surface area (TPSA) is 64.1 Å². The quantitative estimate of drug-likeness (QED) is 0.535. The number of halogens is 4. The van der Waals surface area contributed by atoms with Crippen LogP contribution >= 0.6 is 22.6 Å². The van der Waals surface area contributed by atoms with Crippen molar-refractivity contribution in [2.24, 2.45) is 0 Å². The van der Waals surface area contributed by atoms with E-state index in [0.717, 1.165) is 3.57 Å². The summed E-state index contributed by atoms with van der Waals surface area (Å²) in [4.78, 5) is 20.5. The van der Waals surface area contributed by atoms with Crippen LogP contribution < -0.4 is 10.1 Å². The third-order valence-corrected chi connectivity index (χ3v) is 4.40. The van der Waals surface area contributed by atoms with Crippen LogP contribution in [0.1, 0.15) is 10.4 Å². The first-order chi connectivity index (χ1) is 12.8. The Kier molecular flexibility index (Phi) is 5.59. The molecule has 0 aliphatic carbocycles. The normalized spacial score (nSPS) is 11.1. The highest BCUT2D eigenvalue weighted by molar-refractivity contribution is 14.1. The van der Waals surface area contributed by atoms with Crippen molar-refractivity contribution in [2.75, 3.05) is 5.32 Å². The van der Waals surface area contributed by atoms with Crippen LogP contribution in [0.5, 0.6) is 5.75 Å². The lowest BCUT2D eigenvalue weighted by molar-refractivity contribution is -0.274. The van der Waals surface area contributed by atoms with Crippen LogP contribution in [0.3, 0.4) is 0 Å². The molecule has 0 fully saturated rings. The summed E-state index contributed by atoms with van der Waals surface area (Å²) in [6.45, 7) is 0. The molecular formula is C18H11F3IN3O2. The fourth-order valence-corrected chi connectivity index (χ4v) is 2.93. The number of carbonyl (C=O) groups excluding carboxylic acids is 1. The van der Waals surface area contributed by atoms with Gasteiger partial charge in [0.2, 0.25) is 0 Å². The van der Waals surface area contributed by atoms with E-state index in [1.165, 1.54) is 36.8 Å². The number of carbonyl (C=O) groups is 1. The van der Waals surface area contributed by atoms with Gasteiger partial charge in [-0.2, -0.15) is 0 Å². The summed E-state index contributed by atoms with van der Waals surface area (Å²) in [6, 6.07) is 12.3. The Morgan fingerprint density at radius 2 is 1.78 bits per heavy atom. The van der Waals surface area contributed by atoms with E-state index >= 15 is 0 Å². The molecule has 1 N–H and O–H groups in total. The highest BCUT2D eigenvalue weighted by Crippen LogP contribution is 2.29. The minimum Gasteiger partial charge on any atom is -0.406 e. The van der Waals surface area contributed by atoms with Crippen molar-refractivity contribution in [3.63, 3.8) is 0 Å². The molecule has 3 aromatic rings. The van der Waals surface area contributed by atoms with Gasteiger partial charge >= 0.3 is 6.36 Å². The van der Waals surface area contributed by atoms with Gasteiger partial charge in [0.25, 0.3) is 5.91 Å². The average Bonchev–Trinajstić information content (AvgIpc) is 2.62. The van der Waals surface area contributed by atoms with Crippen LogP contribution in [-0.4, -0.2) is 22.2 Å². The molecule has 0 unspecified atom stereocenters. The standard InChI is InChI=1S/C18H11F3IN3O2/c19-18(20,21)27-12-7-5-11(6-8-12)14-9-23-10-24-16(14)25-17(26)13-3-1-2-4-15(13)22/h1-10H,(H,23,24,25,26). The number of aromatic nitrogens is 2. The molecule has 0 radical (unpaired) electrons. The Balaban J connectivity index is 1.86. The van der Waals surface area contributed by atoms with Crippen molar-refractivity contribution in [1.29, 1.82) is 0 Å². The zero-order valence-corrected chi connectivity index (χ0v) is 15.7. The molecule has 0 saturated heterocycles. The largest absolute Gasteiger partial charge is 0.573 e. The Labute approximate surface area is 165 Å². The Morgan fingerprint density at radius 3 is 2.44 bits per heavy atom. The van der Waals surface area contributed by atoms with Crippen LogP contribution in [0, 0.1) is 3.57 Å². The molecule has 3 rings (SSSR count). The van der Waals surface area contributed by atoms with Gasteiger partial charge in [-0.3, -0.25) is 4.79 Å². The summed E-state index contributed by atoms with van der Waals surface area (Å²) in [5.74, 6) is -0.441. The van der Waals surface area contributed by atoms with Crippen LogP contribution in [0.25, 0.3) is 11.1 Å². The van der Waals surface area contributed by atoms with Crippen molar-refractivity contribution in [1.82, 2.24) is 9.97 Å². The summed E-state index contributed by atoms with van der Waals surface area (Å²) in [5.41, 5.74) is 1.48. The first-order valence-electron chi connectivity index (χ1n) is 7.55. The van der Waals surface area contributed by atoms with Gasteiger partial charge in [0.15, 0.2) is 0 Å². The van der Waals surface area contributed by atoms with E-state index in [1.807, 2.05) is 6.07 Å². The van der Waals surface area contributed by atoms with Crippen molar-refractivity contribution in [3.8, 4) is 16.9 Å². The third kappa shape index (κ3) is 4.94. The molecule has 0 bridgehead atoms. The number of hydrogen-bond acceptors (Lipinski definition) is 4. The highest BCUT2D eigenvalue weighted by Gasteiger charge is 2.31. The van der Waals surface area contributed by atoms with Crippen LogP contribution in [-0.2, 0) is 0 Å². The van der Waals surface area contributed by atoms with Gasteiger partial charge in [-0.25, -0.2) is 9.97 Å². The molecule has 5 nitrogen and oxygen atoms in total.